The van der Waals surface area contributed by atoms with E-state index in [0.717, 1.165) is 25.2 Å². The van der Waals surface area contributed by atoms with Crippen LogP contribution in [0.2, 0.25) is 0 Å². The Morgan fingerprint density at radius 1 is 1.29 bits per heavy atom. The predicted octanol–water partition coefficient (Wildman–Crippen LogP) is 3.32. The van der Waals surface area contributed by atoms with Crippen molar-refractivity contribution in [2.75, 3.05) is 18.0 Å². The van der Waals surface area contributed by atoms with Gasteiger partial charge in [0.05, 0.1) is 5.56 Å². The Bertz CT molecular complexity index is 535. The van der Waals surface area contributed by atoms with Crippen molar-refractivity contribution in [2.24, 2.45) is 5.73 Å². The fraction of sp³-hybridized carbons (Fsp3) is 0.500. The molecule has 2 rings (SSSR count). The third-order valence-electron chi connectivity index (χ3n) is 3.37. The Balaban J connectivity index is 2.41. The van der Waals surface area contributed by atoms with E-state index < -0.39 is 11.7 Å². The third kappa shape index (κ3) is 3.64. The molecule has 1 aromatic rings. The van der Waals surface area contributed by atoms with Gasteiger partial charge in [-0.3, -0.25) is 5.41 Å². The van der Waals surface area contributed by atoms with Crippen LogP contribution in [0, 0.1) is 5.41 Å². The van der Waals surface area contributed by atoms with Gasteiger partial charge >= 0.3 is 6.18 Å². The number of hydrogen-bond acceptors (Lipinski definition) is 3. The summed E-state index contributed by atoms with van der Waals surface area (Å²) >= 11 is 1.85. The second-order valence-electron chi connectivity index (χ2n) is 5.31. The van der Waals surface area contributed by atoms with Crippen LogP contribution in [0.5, 0.6) is 0 Å². The first-order valence-corrected chi connectivity index (χ1v) is 7.59. The van der Waals surface area contributed by atoms with E-state index in [0.29, 0.717) is 16.2 Å². The van der Waals surface area contributed by atoms with Crippen LogP contribution in [0.1, 0.15) is 25.0 Å². The molecule has 2 unspecified atom stereocenters. The van der Waals surface area contributed by atoms with Crippen molar-refractivity contribution in [1.29, 1.82) is 5.41 Å². The maximum absolute atomic E-state index is 12.8. The van der Waals surface area contributed by atoms with Crippen LogP contribution in [0.25, 0.3) is 0 Å². The molecular formula is C14H18F3N3S. The molecule has 0 amide bonds. The number of rotatable bonds is 2. The summed E-state index contributed by atoms with van der Waals surface area (Å²) < 4.78 is 38.4. The second kappa shape index (κ2) is 5.79. The summed E-state index contributed by atoms with van der Waals surface area (Å²) in [6.07, 6.45) is -4.43. The first-order valence-electron chi connectivity index (χ1n) is 6.64. The Labute approximate surface area is 126 Å². The molecule has 116 valence electrons. The molecule has 1 saturated heterocycles. The van der Waals surface area contributed by atoms with E-state index in [4.69, 9.17) is 11.1 Å². The van der Waals surface area contributed by atoms with Crippen molar-refractivity contribution in [3.8, 4) is 0 Å². The van der Waals surface area contributed by atoms with E-state index in [1.165, 1.54) is 6.07 Å². The number of amidine groups is 1. The highest BCUT2D eigenvalue weighted by Gasteiger charge is 2.32. The molecule has 1 heterocycles. The Morgan fingerprint density at radius 3 is 2.33 bits per heavy atom. The van der Waals surface area contributed by atoms with Crippen LogP contribution in [0.15, 0.2) is 18.2 Å². The molecule has 1 aliphatic heterocycles. The smallest absolute Gasteiger partial charge is 0.384 e. The van der Waals surface area contributed by atoms with E-state index in [1.807, 2.05) is 16.7 Å². The molecule has 3 nitrogen and oxygen atoms in total. The Hall–Kier alpha value is -1.37. The molecule has 3 N–H and O–H groups in total. The fourth-order valence-corrected chi connectivity index (χ4v) is 3.90. The van der Waals surface area contributed by atoms with Gasteiger partial charge in [0.25, 0.3) is 0 Å². The van der Waals surface area contributed by atoms with Gasteiger partial charge in [0.15, 0.2) is 0 Å². The van der Waals surface area contributed by atoms with Crippen LogP contribution < -0.4 is 10.6 Å². The summed E-state index contributed by atoms with van der Waals surface area (Å²) in [6.45, 7) is 5.65. The van der Waals surface area contributed by atoms with E-state index >= 15 is 0 Å². The van der Waals surface area contributed by atoms with Crippen LogP contribution in [0.4, 0.5) is 18.9 Å². The molecule has 0 spiro atoms. The van der Waals surface area contributed by atoms with Crippen molar-refractivity contribution in [2.45, 2.75) is 30.5 Å². The molecule has 0 radical (unpaired) electrons. The number of nitrogens with one attached hydrogen (secondary N) is 1. The van der Waals surface area contributed by atoms with Crippen LogP contribution in [-0.2, 0) is 6.18 Å². The van der Waals surface area contributed by atoms with Gasteiger partial charge in [-0.15, -0.1) is 0 Å². The highest BCUT2D eigenvalue weighted by molar-refractivity contribution is 8.00. The number of nitrogens with two attached hydrogens (primary N) is 1. The van der Waals surface area contributed by atoms with Crippen LogP contribution >= 0.6 is 11.8 Å². The van der Waals surface area contributed by atoms with Crippen molar-refractivity contribution >= 4 is 23.3 Å². The molecule has 0 aromatic heterocycles. The van der Waals surface area contributed by atoms with E-state index in [1.54, 1.807) is 0 Å². The minimum Gasteiger partial charge on any atom is -0.384 e. The number of nitrogens with zero attached hydrogens (tertiary/aromatic N) is 1. The van der Waals surface area contributed by atoms with Crippen molar-refractivity contribution in [3.05, 3.63) is 29.3 Å². The summed E-state index contributed by atoms with van der Waals surface area (Å²) in [5.74, 6) is -0.338. The summed E-state index contributed by atoms with van der Waals surface area (Å²) in [5, 5.41) is 8.35. The number of nitrogen functional groups attached to an aromatic ring is 1. The first kappa shape index (κ1) is 16.0. The van der Waals surface area contributed by atoms with Gasteiger partial charge in [-0.2, -0.15) is 24.9 Å². The van der Waals surface area contributed by atoms with Crippen LogP contribution in [-0.4, -0.2) is 29.4 Å². The number of alkyl halides is 3. The number of thioether (sulfide) groups is 1. The summed E-state index contributed by atoms with van der Waals surface area (Å²) in [6, 6.07) is 3.45. The maximum atomic E-state index is 12.8. The zero-order chi connectivity index (χ0) is 15.8. The Morgan fingerprint density at radius 2 is 1.86 bits per heavy atom. The lowest BCUT2D eigenvalue weighted by Crippen LogP contribution is -2.41. The summed E-state index contributed by atoms with van der Waals surface area (Å²) in [7, 11) is 0. The molecule has 21 heavy (non-hydrogen) atoms. The molecule has 1 fully saturated rings. The zero-order valence-electron chi connectivity index (χ0n) is 11.9. The van der Waals surface area contributed by atoms with Crippen molar-refractivity contribution in [3.63, 3.8) is 0 Å². The topological polar surface area (TPSA) is 53.1 Å². The molecule has 7 heteroatoms. The lowest BCUT2D eigenvalue weighted by molar-refractivity contribution is -0.137. The number of halogens is 3. The Kier molecular flexibility index (Phi) is 4.41. The molecular weight excluding hydrogens is 299 g/mol. The lowest BCUT2D eigenvalue weighted by Gasteiger charge is -2.37. The maximum Gasteiger partial charge on any atom is 0.416 e. The van der Waals surface area contributed by atoms with Gasteiger partial charge in [0.2, 0.25) is 0 Å². The van der Waals surface area contributed by atoms with Crippen LogP contribution in [0.3, 0.4) is 0 Å². The van der Waals surface area contributed by atoms with Gasteiger partial charge in [-0.25, -0.2) is 0 Å². The van der Waals surface area contributed by atoms with Gasteiger partial charge in [0, 0.05) is 34.8 Å². The standard InChI is InChI=1S/C14H18F3N3S/c1-8-6-20(7-9(2)21-8)12-4-3-10(14(15,16)17)5-11(12)13(18)19/h3-5,8-9H,6-7H2,1-2H3,(H3,18,19). The highest BCUT2D eigenvalue weighted by Crippen LogP contribution is 2.35. The minimum absolute atomic E-state index is 0.149. The normalized spacial score (nSPS) is 23.2. The fourth-order valence-electron chi connectivity index (χ4n) is 2.58. The van der Waals surface area contributed by atoms with Crippen molar-refractivity contribution in [1.82, 2.24) is 0 Å². The van der Waals surface area contributed by atoms with E-state index in [-0.39, 0.29) is 11.4 Å². The molecule has 2 atom stereocenters. The van der Waals surface area contributed by atoms with E-state index in [9.17, 15) is 13.2 Å². The average Bonchev–Trinajstić information content (AvgIpc) is 2.35. The second-order valence-corrected chi connectivity index (χ2v) is 7.19. The lowest BCUT2D eigenvalue weighted by atomic mass is 10.1. The summed E-state index contributed by atoms with van der Waals surface area (Å²) in [5.41, 5.74) is 5.47. The molecule has 0 aliphatic carbocycles. The SMILES string of the molecule is CC1CN(c2ccc(C(F)(F)F)cc2C(=N)N)CC(C)S1. The molecule has 1 aliphatic rings. The van der Waals surface area contributed by atoms with Gasteiger partial charge in [0.1, 0.15) is 5.84 Å². The molecule has 1 aromatic carbocycles. The number of anilines is 1. The summed E-state index contributed by atoms with van der Waals surface area (Å²) in [4.78, 5) is 2.02. The minimum atomic E-state index is -4.43. The largest absolute Gasteiger partial charge is 0.416 e. The zero-order valence-corrected chi connectivity index (χ0v) is 12.7. The quantitative estimate of drug-likeness (QED) is 0.650. The molecule has 0 saturated carbocycles. The monoisotopic (exact) mass is 317 g/mol. The number of hydrogen-bond donors (Lipinski definition) is 2. The van der Waals surface area contributed by atoms with Gasteiger partial charge in [-0.1, -0.05) is 13.8 Å². The average molecular weight is 317 g/mol. The van der Waals surface area contributed by atoms with Crippen molar-refractivity contribution < 1.29 is 13.2 Å². The molecule has 0 bridgehead atoms. The first-order chi connectivity index (χ1) is 9.68. The number of benzene rings is 1. The van der Waals surface area contributed by atoms with Gasteiger partial charge in [-0.05, 0) is 18.2 Å². The van der Waals surface area contributed by atoms with Gasteiger partial charge < -0.3 is 10.6 Å². The van der Waals surface area contributed by atoms with E-state index in [2.05, 4.69) is 13.8 Å². The third-order valence-corrected chi connectivity index (χ3v) is 4.60. The predicted molar refractivity (Wildman–Crippen MR) is 81.2 cm³/mol. The highest BCUT2D eigenvalue weighted by atomic mass is 32.2.